The fraction of sp³-hybridized carbons (Fsp3) is 0.394. The maximum absolute atomic E-state index is 12.3. The average molecular weight is 531 g/mol. The van der Waals surface area contributed by atoms with Gasteiger partial charge < -0.3 is 19.7 Å². The predicted molar refractivity (Wildman–Crippen MR) is 154 cm³/mol. The maximum atomic E-state index is 12.3. The number of aromatic carboxylic acids is 2. The molecular formula is C33H38O6. The quantitative estimate of drug-likeness (QED) is 0.362. The van der Waals surface area contributed by atoms with Crippen LogP contribution in [0.5, 0.6) is 11.5 Å². The van der Waals surface area contributed by atoms with Crippen LogP contribution in [-0.2, 0) is 23.7 Å². The lowest BCUT2D eigenvalue weighted by Crippen LogP contribution is -2.14. The van der Waals surface area contributed by atoms with Gasteiger partial charge in [0.05, 0.1) is 25.3 Å². The molecule has 0 amide bonds. The summed E-state index contributed by atoms with van der Waals surface area (Å²) in [5.41, 5.74) is 6.02. The summed E-state index contributed by atoms with van der Waals surface area (Å²) < 4.78 is 12.0. The number of methoxy groups -OCH3 is 2. The number of benzene rings is 3. The van der Waals surface area contributed by atoms with E-state index in [2.05, 4.69) is 53.7 Å². The molecule has 3 aromatic carbocycles. The Morgan fingerprint density at radius 2 is 0.974 bits per heavy atom. The minimum absolute atomic E-state index is 0.179. The first-order valence-electron chi connectivity index (χ1n) is 13.3. The highest BCUT2D eigenvalue weighted by molar-refractivity contribution is 6.06. The first-order chi connectivity index (χ1) is 18.2. The van der Waals surface area contributed by atoms with Crippen molar-refractivity contribution in [3.63, 3.8) is 0 Å². The second-order valence-electron chi connectivity index (χ2n) is 12.3. The van der Waals surface area contributed by atoms with Crippen molar-refractivity contribution in [3.05, 3.63) is 69.8 Å². The summed E-state index contributed by atoms with van der Waals surface area (Å²) in [5.74, 6) is -1.25. The highest BCUT2D eigenvalue weighted by Gasteiger charge is 2.29. The van der Waals surface area contributed by atoms with Crippen LogP contribution in [0.3, 0.4) is 0 Å². The second kappa shape index (κ2) is 10.1. The summed E-state index contributed by atoms with van der Waals surface area (Å²) in [6.07, 6.45) is 2.36. The minimum atomic E-state index is -1.30. The number of rotatable bonds is 4. The van der Waals surface area contributed by atoms with Crippen LogP contribution in [0, 0.1) is 0 Å². The largest absolute Gasteiger partial charge is 0.496 e. The Kier molecular flexibility index (Phi) is 7.28. The van der Waals surface area contributed by atoms with E-state index in [1.807, 2.05) is 12.1 Å². The van der Waals surface area contributed by atoms with Crippen LogP contribution >= 0.6 is 0 Å². The van der Waals surface area contributed by atoms with Crippen molar-refractivity contribution in [1.29, 1.82) is 0 Å². The predicted octanol–water partition coefficient (Wildman–Crippen LogP) is 7.52. The summed E-state index contributed by atoms with van der Waals surface area (Å²) in [6, 6.07) is 11.4. The maximum Gasteiger partial charge on any atom is 0.336 e. The van der Waals surface area contributed by atoms with Gasteiger partial charge in [0, 0.05) is 11.1 Å². The van der Waals surface area contributed by atoms with Crippen LogP contribution in [0.1, 0.15) is 90.9 Å². The Morgan fingerprint density at radius 1 is 0.615 bits per heavy atom. The first kappa shape index (κ1) is 28.2. The Hall–Kier alpha value is -3.80. The van der Waals surface area contributed by atoms with Gasteiger partial charge in [-0.2, -0.15) is 0 Å². The van der Waals surface area contributed by atoms with E-state index >= 15 is 0 Å². The lowest BCUT2D eigenvalue weighted by Gasteiger charge is -2.26. The van der Waals surface area contributed by atoms with Gasteiger partial charge in [-0.3, -0.25) is 0 Å². The molecule has 0 atom stereocenters. The van der Waals surface area contributed by atoms with Gasteiger partial charge in [-0.25, -0.2) is 9.59 Å². The molecule has 2 N–H and O–H groups in total. The molecule has 0 saturated heterocycles. The number of carboxylic acid groups (broad SMARTS) is 2. The number of hydrogen-bond acceptors (Lipinski definition) is 4. The van der Waals surface area contributed by atoms with Gasteiger partial charge in [0.25, 0.3) is 0 Å². The molecule has 0 spiro atoms. The van der Waals surface area contributed by atoms with E-state index in [1.54, 1.807) is 14.2 Å². The molecule has 1 aliphatic rings. The molecule has 6 heteroatoms. The lowest BCUT2D eigenvalue weighted by atomic mass is 9.80. The number of hydrogen-bond donors (Lipinski definition) is 2. The summed E-state index contributed by atoms with van der Waals surface area (Å²) in [4.78, 5) is 24.6. The van der Waals surface area contributed by atoms with Gasteiger partial charge in [0.1, 0.15) is 11.5 Å². The molecule has 4 rings (SSSR count). The fourth-order valence-corrected chi connectivity index (χ4v) is 5.37. The molecule has 206 valence electrons. The Bertz CT molecular complexity index is 1360. The highest BCUT2D eigenvalue weighted by atomic mass is 16.5. The van der Waals surface area contributed by atoms with Gasteiger partial charge in [0.2, 0.25) is 0 Å². The van der Waals surface area contributed by atoms with Crippen LogP contribution in [0.15, 0.2) is 36.4 Å². The van der Waals surface area contributed by atoms with Crippen molar-refractivity contribution in [1.82, 2.24) is 0 Å². The first-order valence-corrected chi connectivity index (χ1v) is 13.3. The SMILES string of the molecule is COc1c2cc(C(C)(C)C)cc1-c1cc(C(=O)O)c(C(=O)O)cc1-c1cc(C(C)(C)C)cc(c1OC)CCC2. The zero-order valence-electron chi connectivity index (χ0n) is 24.1. The van der Waals surface area contributed by atoms with Gasteiger partial charge in [-0.05, 0) is 87.7 Å². The molecule has 4 bridgehead atoms. The zero-order chi connectivity index (χ0) is 28.9. The van der Waals surface area contributed by atoms with Crippen LogP contribution in [-0.4, -0.2) is 36.4 Å². The molecule has 1 aliphatic carbocycles. The smallest absolute Gasteiger partial charge is 0.336 e. The van der Waals surface area contributed by atoms with Gasteiger partial charge >= 0.3 is 11.9 Å². The zero-order valence-corrected chi connectivity index (χ0v) is 24.1. The number of fused-ring (bicyclic) bond motifs is 7. The summed E-state index contributed by atoms with van der Waals surface area (Å²) >= 11 is 0. The van der Waals surface area contributed by atoms with Gasteiger partial charge in [-0.1, -0.05) is 53.7 Å². The topological polar surface area (TPSA) is 93.1 Å². The van der Waals surface area contributed by atoms with Crippen molar-refractivity contribution in [3.8, 4) is 33.8 Å². The molecule has 0 aliphatic heterocycles. The molecule has 0 aromatic heterocycles. The van der Waals surface area contributed by atoms with Crippen LogP contribution in [0.2, 0.25) is 0 Å². The van der Waals surface area contributed by atoms with E-state index in [-0.39, 0.29) is 22.0 Å². The molecular weight excluding hydrogens is 492 g/mol. The molecule has 0 saturated carbocycles. The monoisotopic (exact) mass is 530 g/mol. The summed E-state index contributed by atoms with van der Waals surface area (Å²) in [6.45, 7) is 12.8. The highest BCUT2D eigenvalue weighted by Crippen LogP contribution is 2.48. The molecule has 0 radical (unpaired) electrons. The van der Waals surface area contributed by atoms with E-state index in [1.165, 1.54) is 12.1 Å². The van der Waals surface area contributed by atoms with E-state index in [4.69, 9.17) is 9.47 Å². The number of carbonyl (C=O) groups is 2. The number of ether oxygens (including phenoxy) is 2. The normalized spacial score (nSPS) is 13.2. The van der Waals surface area contributed by atoms with Crippen molar-refractivity contribution in [2.75, 3.05) is 14.2 Å². The number of carboxylic acids is 2. The van der Waals surface area contributed by atoms with Crippen molar-refractivity contribution >= 4 is 11.9 Å². The molecule has 39 heavy (non-hydrogen) atoms. The third-order valence-electron chi connectivity index (χ3n) is 7.56. The lowest BCUT2D eigenvalue weighted by molar-refractivity contribution is 0.0651. The number of aryl methyl sites for hydroxylation is 2. The molecule has 6 nitrogen and oxygen atoms in total. The minimum Gasteiger partial charge on any atom is -0.496 e. The van der Waals surface area contributed by atoms with E-state index < -0.39 is 11.9 Å². The summed E-state index contributed by atoms with van der Waals surface area (Å²) in [5, 5.41) is 20.1. The standard InChI is InChI=1S/C33H38O6/c1-32(2,3)20-12-18-10-9-11-19-13-21(33(4,5)6)15-25(29(19)39-8)23-17-27(31(36)37)26(30(34)35)16-22(23)24(14-20)28(18)38-7/h12-17H,9-11H2,1-8H3,(H,34,35)(H,36,37). The Morgan fingerprint density at radius 3 is 1.26 bits per heavy atom. The van der Waals surface area contributed by atoms with Crippen molar-refractivity contribution in [2.45, 2.75) is 71.6 Å². The van der Waals surface area contributed by atoms with E-state index in [0.29, 0.717) is 22.6 Å². The average Bonchev–Trinajstić information content (AvgIpc) is 2.85. The summed E-state index contributed by atoms with van der Waals surface area (Å²) in [7, 11) is 3.25. The van der Waals surface area contributed by atoms with Gasteiger partial charge in [-0.15, -0.1) is 0 Å². The van der Waals surface area contributed by atoms with Crippen LogP contribution in [0.25, 0.3) is 22.3 Å². The Balaban J connectivity index is 2.27. The molecule has 3 aromatic rings. The molecule has 0 fully saturated rings. The Labute approximate surface area is 230 Å². The second-order valence-corrected chi connectivity index (χ2v) is 12.3. The van der Waals surface area contributed by atoms with E-state index in [0.717, 1.165) is 52.6 Å². The van der Waals surface area contributed by atoms with Crippen molar-refractivity contribution in [2.24, 2.45) is 0 Å². The third kappa shape index (κ3) is 5.25. The van der Waals surface area contributed by atoms with Gasteiger partial charge in [0.15, 0.2) is 0 Å². The fourth-order valence-electron chi connectivity index (χ4n) is 5.37. The molecule has 0 unspecified atom stereocenters. The van der Waals surface area contributed by atoms with Crippen LogP contribution < -0.4 is 9.47 Å². The van der Waals surface area contributed by atoms with E-state index in [9.17, 15) is 19.8 Å². The van der Waals surface area contributed by atoms with Crippen molar-refractivity contribution < 1.29 is 29.3 Å². The third-order valence-corrected chi connectivity index (χ3v) is 7.56. The van der Waals surface area contributed by atoms with Crippen LogP contribution in [0.4, 0.5) is 0 Å². The molecule has 0 heterocycles.